The van der Waals surface area contributed by atoms with Gasteiger partial charge in [-0.2, -0.15) is 0 Å². The van der Waals surface area contributed by atoms with Gasteiger partial charge in [-0.3, -0.25) is 4.52 Å². The number of nitro groups is 1. The van der Waals surface area contributed by atoms with Gasteiger partial charge in [-0.25, -0.2) is 13.8 Å². The molecule has 0 aliphatic carbocycles. The highest BCUT2D eigenvalue weighted by atomic mass is 35.5. The fraction of sp³-hybridized carbons (Fsp3) is 0.583. The van der Waals surface area contributed by atoms with Gasteiger partial charge in [0.05, 0.1) is 7.05 Å². The lowest BCUT2D eigenvalue weighted by Crippen LogP contribution is -2.32. The number of allylic oxidation sites excluding steroid dienone is 1. The molecule has 0 aromatic carbocycles. The zero-order valence-corrected chi connectivity index (χ0v) is 15.9. The van der Waals surface area contributed by atoms with Crippen LogP contribution in [0.2, 0.25) is 0 Å². The van der Waals surface area contributed by atoms with Gasteiger partial charge in [-0.05, 0) is 11.8 Å². The van der Waals surface area contributed by atoms with Crippen molar-refractivity contribution >= 4 is 36.8 Å². The van der Waals surface area contributed by atoms with Gasteiger partial charge >= 0.3 is 13.6 Å². The third-order valence-electron chi connectivity index (χ3n) is 3.00. The van der Waals surface area contributed by atoms with E-state index in [0.717, 1.165) is 0 Å². The van der Waals surface area contributed by atoms with Crippen LogP contribution in [-0.2, 0) is 22.7 Å². The lowest BCUT2D eigenvalue weighted by atomic mass is 10.5. The minimum absolute atomic E-state index is 0.143. The Morgan fingerprint density at radius 2 is 2.12 bits per heavy atom. The molecular weight excluding hydrogens is 380 g/mol. The first-order chi connectivity index (χ1) is 11.2. The van der Waals surface area contributed by atoms with Crippen molar-refractivity contribution in [3.8, 4) is 0 Å². The number of nitrogens with zero attached hydrogens (tertiary/aromatic N) is 4. The molecule has 0 bridgehead atoms. The molecule has 1 rings (SSSR count). The van der Waals surface area contributed by atoms with E-state index in [9.17, 15) is 14.7 Å². The van der Waals surface area contributed by atoms with Gasteiger partial charge in [0.15, 0.2) is 0 Å². The summed E-state index contributed by atoms with van der Waals surface area (Å²) in [6.45, 7) is 5.76. The van der Waals surface area contributed by atoms with E-state index in [1.807, 2.05) is 0 Å². The Balaban J connectivity index is 2.99. The van der Waals surface area contributed by atoms with Gasteiger partial charge in [-0.15, -0.1) is 23.2 Å². The summed E-state index contributed by atoms with van der Waals surface area (Å²) in [6.07, 6.45) is 1.30. The molecule has 1 N–H and O–H groups in total. The van der Waals surface area contributed by atoms with E-state index in [1.54, 1.807) is 6.92 Å². The minimum Gasteiger partial charge on any atom is -0.390 e. The SMILES string of the molecule is C=C(C)NP(=O)(OCc1cnc([N+](=O)[O-])n1C)N(CCCl)CCCl. The highest BCUT2D eigenvalue weighted by Gasteiger charge is 2.32. The van der Waals surface area contributed by atoms with Gasteiger partial charge in [-0.1, -0.05) is 11.6 Å². The second-order valence-electron chi connectivity index (χ2n) is 4.88. The van der Waals surface area contributed by atoms with Crippen LogP contribution in [0.25, 0.3) is 0 Å². The van der Waals surface area contributed by atoms with Crippen molar-refractivity contribution in [2.45, 2.75) is 13.5 Å². The van der Waals surface area contributed by atoms with Gasteiger partial charge in [0.2, 0.25) is 0 Å². The number of hydrogen-bond donors (Lipinski definition) is 1. The van der Waals surface area contributed by atoms with Crippen LogP contribution in [0.1, 0.15) is 12.6 Å². The first kappa shape index (κ1) is 20.9. The summed E-state index contributed by atoms with van der Waals surface area (Å²) in [5, 5.41) is 13.6. The fourth-order valence-corrected chi connectivity index (χ4v) is 4.42. The average molecular weight is 400 g/mol. The molecule has 1 atom stereocenters. The van der Waals surface area contributed by atoms with E-state index in [1.165, 1.54) is 22.5 Å². The van der Waals surface area contributed by atoms with Crippen LogP contribution in [0.3, 0.4) is 0 Å². The van der Waals surface area contributed by atoms with E-state index >= 15 is 0 Å². The molecule has 0 saturated heterocycles. The minimum atomic E-state index is -3.51. The Hall–Kier alpha value is -1.12. The maximum Gasteiger partial charge on any atom is 0.434 e. The number of aromatic nitrogens is 2. The maximum atomic E-state index is 13.2. The number of halogens is 2. The molecule has 0 fully saturated rings. The molecular formula is C12H20Cl2N5O4P. The lowest BCUT2D eigenvalue weighted by Gasteiger charge is -2.30. The Morgan fingerprint density at radius 3 is 2.54 bits per heavy atom. The molecule has 1 heterocycles. The molecule has 0 aliphatic rings. The van der Waals surface area contributed by atoms with Crippen LogP contribution in [0.15, 0.2) is 18.5 Å². The molecule has 1 aromatic rings. The van der Waals surface area contributed by atoms with Crippen LogP contribution in [0.4, 0.5) is 5.95 Å². The highest BCUT2D eigenvalue weighted by molar-refractivity contribution is 7.54. The molecule has 1 unspecified atom stereocenters. The van der Waals surface area contributed by atoms with E-state index < -0.39 is 12.6 Å². The van der Waals surface area contributed by atoms with Gasteiger partial charge < -0.3 is 15.2 Å². The molecule has 0 spiro atoms. The molecule has 24 heavy (non-hydrogen) atoms. The Kier molecular flexibility index (Phi) is 8.18. The molecule has 1 aromatic heterocycles. The van der Waals surface area contributed by atoms with Crippen LogP contribution in [0.5, 0.6) is 0 Å². The third kappa shape index (κ3) is 5.46. The van der Waals surface area contributed by atoms with E-state index in [4.69, 9.17) is 27.7 Å². The Labute approximate surface area is 150 Å². The predicted molar refractivity (Wildman–Crippen MR) is 93.2 cm³/mol. The first-order valence-electron chi connectivity index (χ1n) is 6.96. The molecule has 9 nitrogen and oxygen atoms in total. The summed E-state index contributed by atoms with van der Waals surface area (Å²) in [4.78, 5) is 13.9. The molecule has 12 heteroatoms. The van der Waals surface area contributed by atoms with Crippen LogP contribution >= 0.6 is 30.9 Å². The lowest BCUT2D eigenvalue weighted by molar-refractivity contribution is -0.396. The highest BCUT2D eigenvalue weighted by Crippen LogP contribution is 2.48. The zero-order valence-electron chi connectivity index (χ0n) is 13.4. The van der Waals surface area contributed by atoms with E-state index in [2.05, 4.69) is 16.7 Å². The van der Waals surface area contributed by atoms with Gasteiger partial charge in [0.25, 0.3) is 0 Å². The summed E-state index contributed by atoms with van der Waals surface area (Å²) in [6, 6.07) is 0. The molecule has 0 saturated carbocycles. The van der Waals surface area contributed by atoms with Crippen molar-refractivity contribution in [1.82, 2.24) is 19.3 Å². The van der Waals surface area contributed by atoms with E-state index in [-0.39, 0.29) is 37.4 Å². The number of rotatable bonds is 11. The van der Waals surface area contributed by atoms with Gasteiger partial charge in [0, 0.05) is 30.5 Å². The normalized spacial score (nSPS) is 13.7. The van der Waals surface area contributed by atoms with Crippen molar-refractivity contribution in [1.29, 1.82) is 0 Å². The summed E-state index contributed by atoms with van der Waals surface area (Å²) in [5.74, 6) is 0.146. The van der Waals surface area contributed by atoms with Crippen LogP contribution in [-0.4, -0.2) is 44.0 Å². The quantitative estimate of drug-likeness (QED) is 0.264. The topological polar surface area (TPSA) is 103 Å². The number of alkyl halides is 2. The van der Waals surface area contributed by atoms with Crippen molar-refractivity contribution < 1.29 is 14.0 Å². The number of imidazole rings is 1. The predicted octanol–water partition coefficient (Wildman–Crippen LogP) is 2.86. The zero-order chi connectivity index (χ0) is 18.3. The smallest absolute Gasteiger partial charge is 0.390 e. The second-order valence-corrected chi connectivity index (χ2v) is 7.73. The van der Waals surface area contributed by atoms with Crippen molar-refractivity contribution in [2.75, 3.05) is 24.8 Å². The third-order valence-corrected chi connectivity index (χ3v) is 5.63. The number of hydrogen-bond acceptors (Lipinski definition) is 5. The molecule has 0 amide bonds. The molecule has 136 valence electrons. The van der Waals surface area contributed by atoms with Crippen molar-refractivity contribution in [2.24, 2.45) is 7.05 Å². The summed E-state index contributed by atoms with van der Waals surface area (Å²) in [5.41, 5.74) is 0.852. The van der Waals surface area contributed by atoms with Crippen LogP contribution < -0.4 is 5.09 Å². The van der Waals surface area contributed by atoms with Crippen LogP contribution in [0, 0.1) is 10.1 Å². The van der Waals surface area contributed by atoms with Crippen molar-refractivity contribution in [3.63, 3.8) is 0 Å². The summed E-state index contributed by atoms with van der Waals surface area (Å²) < 4.78 is 21.5. The number of nitrogens with one attached hydrogen (secondary N) is 1. The fourth-order valence-electron chi connectivity index (χ4n) is 1.89. The molecule has 0 aliphatic heterocycles. The monoisotopic (exact) mass is 399 g/mol. The summed E-state index contributed by atoms with van der Waals surface area (Å²) in [7, 11) is -2.03. The Bertz CT molecular complexity index is 633. The molecule has 0 radical (unpaired) electrons. The largest absolute Gasteiger partial charge is 0.434 e. The van der Waals surface area contributed by atoms with E-state index in [0.29, 0.717) is 11.4 Å². The standard InChI is InChI=1S/C12H20Cl2N5O4P/c1-10(2)16-24(22,18(6-4-13)7-5-14)23-9-11-8-15-12(17(11)3)19(20)21/h8H,1,4-7,9H2,2-3H3,(H,16,22). The van der Waals surface area contributed by atoms with Gasteiger partial charge in [0.1, 0.15) is 18.5 Å². The average Bonchev–Trinajstić information content (AvgIpc) is 2.85. The second kappa shape index (κ2) is 9.39. The maximum absolute atomic E-state index is 13.2. The van der Waals surface area contributed by atoms with Crippen molar-refractivity contribution in [3.05, 3.63) is 34.3 Å². The summed E-state index contributed by atoms with van der Waals surface area (Å²) >= 11 is 11.5. The first-order valence-corrected chi connectivity index (χ1v) is 9.60. The Morgan fingerprint density at radius 1 is 1.54 bits per heavy atom.